The van der Waals surface area contributed by atoms with E-state index >= 15 is 0 Å². The van der Waals surface area contributed by atoms with Crippen molar-refractivity contribution >= 4 is 17.4 Å². The maximum absolute atomic E-state index is 12.1. The van der Waals surface area contributed by atoms with E-state index in [9.17, 15) is 4.79 Å². The minimum absolute atomic E-state index is 0.0289. The summed E-state index contributed by atoms with van der Waals surface area (Å²) in [5.74, 6) is 0.0289. The molecule has 0 saturated carbocycles. The summed E-state index contributed by atoms with van der Waals surface area (Å²) in [7, 11) is 1.77. The third-order valence-corrected chi connectivity index (χ3v) is 2.97. The molecule has 0 aliphatic heterocycles. The van der Waals surface area contributed by atoms with Gasteiger partial charge in [0, 0.05) is 18.5 Å². The van der Waals surface area contributed by atoms with Gasteiger partial charge in [-0.05, 0) is 24.6 Å². The molecule has 0 atom stereocenters. The van der Waals surface area contributed by atoms with Gasteiger partial charge in [-0.25, -0.2) is 0 Å². The number of ketones is 1. The van der Waals surface area contributed by atoms with Crippen molar-refractivity contribution in [2.24, 2.45) is 7.05 Å². The zero-order valence-electron chi connectivity index (χ0n) is 9.77. The molecule has 2 aromatic rings. The normalized spacial score (nSPS) is 10.5. The maximum atomic E-state index is 12.1. The third kappa shape index (κ3) is 2.56. The molecule has 88 valence electrons. The molecule has 0 N–H and O–H groups in total. The molecule has 0 spiro atoms. The van der Waals surface area contributed by atoms with E-state index in [-0.39, 0.29) is 5.78 Å². The van der Waals surface area contributed by atoms with E-state index in [1.165, 1.54) is 0 Å². The quantitative estimate of drug-likeness (QED) is 0.783. The molecular weight excluding hydrogens is 236 g/mol. The number of rotatable bonds is 3. The summed E-state index contributed by atoms with van der Waals surface area (Å²) in [5, 5.41) is 4.78. The smallest absolute Gasteiger partial charge is 0.185 e. The monoisotopic (exact) mass is 248 g/mol. The molecular formula is C13H13ClN2O. The molecule has 1 aromatic heterocycles. The molecule has 1 heterocycles. The van der Waals surface area contributed by atoms with Crippen molar-refractivity contribution in [3.05, 3.63) is 52.3 Å². The molecule has 0 radical (unpaired) electrons. The number of hydrogen-bond acceptors (Lipinski definition) is 2. The Labute approximate surface area is 105 Å². The molecule has 0 bridgehead atoms. The Balaban J connectivity index is 2.23. The van der Waals surface area contributed by atoms with Crippen LogP contribution in [0.4, 0.5) is 0 Å². The fraction of sp³-hybridized carbons (Fsp3) is 0.231. The van der Waals surface area contributed by atoms with Crippen LogP contribution in [0.25, 0.3) is 0 Å². The lowest BCUT2D eigenvalue weighted by Gasteiger charge is -2.03. The maximum Gasteiger partial charge on any atom is 0.185 e. The van der Waals surface area contributed by atoms with E-state index in [1.54, 1.807) is 23.9 Å². The zero-order chi connectivity index (χ0) is 12.4. The van der Waals surface area contributed by atoms with Crippen LogP contribution in [0.1, 0.15) is 21.7 Å². The summed E-state index contributed by atoms with van der Waals surface area (Å²) < 4.78 is 1.61. The lowest BCUT2D eigenvalue weighted by molar-refractivity contribution is 0.0984. The summed E-state index contributed by atoms with van der Waals surface area (Å²) in [6.45, 7) is 1.87. The summed E-state index contributed by atoms with van der Waals surface area (Å²) in [5.41, 5.74) is 2.30. The Bertz CT molecular complexity index is 560. The molecule has 4 heteroatoms. The highest BCUT2D eigenvalue weighted by atomic mass is 35.5. The van der Waals surface area contributed by atoms with Gasteiger partial charge in [0.1, 0.15) is 5.69 Å². The molecule has 0 saturated heterocycles. The van der Waals surface area contributed by atoms with Crippen molar-refractivity contribution in [2.75, 3.05) is 0 Å². The van der Waals surface area contributed by atoms with Crippen molar-refractivity contribution in [3.8, 4) is 0 Å². The van der Waals surface area contributed by atoms with Crippen LogP contribution in [0.5, 0.6) is 0 Å². The van der Waals surface area contributed by atoms with Gasteiger partial charge in [0.05, 0.1) is 5.69 Å². The van der Waals surface area contributed by atoms with Crippen LogP contribution in [-0.2, 0) is 13.5 Å². The van der Waals surface area contributed by atoms with Crippen molar-refractivity contribution < 1.29 is 4.79 Å². The number of aryl methyl sites for hydroxylation is 2. The Morgan fingerprint density at radius 2 is 2.12 bits per heavy atom. The van der Waals surface area contributed by atoms with Crippen LogP contribution >= 0.6 is 11.6 Å². The van der Waals surface area contributed by atoms with Gasteiger partial charge in [0.15, 0.2) is 5.78 Å². The first-order chi connectivity index (χ1) is 8.08. The minimum Gasteiger partial charge on any atom is -0.292 e. The van der Waals surface area contributed by atoms with Crippen LogP contribution in [0.3, 0.4) is 0 Å². The van der Waals surface area contributed by atoms with Gasteiger partial charge in [-0.3, -0.25) is 9.48 Å². The number of carbonyl (C=O) groups excluding carboxylic acids is 1. The molecule has 17 heavy (non-hydrogen) atoms. The van der Waals surface area contributed by atoms with Gasteiger partial charge in [-0.1, -0.05) is 29.8 Å². The average Bonchev–Trinajstić information content (AvgIpc) is 2.61. The fourth-order valence-corrected chi connectivity index (χ4v) is 1.98. The first-order valence-corrected chi connectivity index (χ1v) is 5.73. The SMILES string of the molecule is Cc1cc(C(=O)Cc2ccccc2Cl)n(C)n1. The summed E-state index contributed by atoms with van der Waals surface area (Å²) in [6.07, 6.45) is 0.304. The topological polar surface area (TPSA) is 34.9 Å². The molecule has 3 nitrogen and oxygen atoms in total. The summed E-state index contributed by atoms with van der Waals surface area (Å²) in [6, 6.07) is 9.18. The third-order valence-electron chi connectivity index (χ3n) is 2.60. The Morgan fingerprint density at radius 1 is 1.41 bits per heavy atom. The van der Waals surface area contributed by atoms with Gasteiger partial charge < -0.3 is 0 Å². The number of benzene rings is 1. The van der Waals surface area contributed by atoms with Crippen LogP contribution < -0.4 is 0 Å². The number of aromatic nitrogens is 2. The standard InChI is InChI=1S/C13H13ClN2O/c1-9-7-12(16(2)15-9)13(17)8-10-5-3-4-6-11(10)14/h3-7H,8H2,1-2H3. The molecule has 0 unspecified atom stereocenters. The second-order valence-corrected chi connectivity index (χ2v) is 4.39. The number of hydrogen-bond donors (Lipinski definition) is 0. The lowest BCUT2D eigenvalue weighted by Crippen LogP contribution is -2.09. The highest BCUT2D eigenvalue weighted by Gasteiger charge is 2.13. The van der Waals surface area contributed by atoms with Crippen molar-refractivity contribution in [3.63, 3.8) is 0 Å². The lowest BCUT2D eigenvalue weighted by atomic mass is 10.1. The Kier molecular flexibility index (Phi) is 3.29. The van der Waals surface area contributed by atoms with E-state index in [0.717, 1.165) is 11.3 Å². The minimum atomic E-state index is 0.0289. The highest BCUT2D eigenvalue weighted by Crippen LogP contribution is 2.17. The number of halogens is 1. The molecule has 2 rings (SSSR count). The highest BCUT2D eigenvalue weighted by molar-refractivity contribution is 6.31. The first-order valence-electron chi connectivity index (χ1n) is 5.35. The van der Waals surface area contributed by atoms with Crippen molar-refractivity contribution in [1.82, 2.24) is 9.78 Å². The predicted molar refractivity (Wildman–Crippen MR) is 67.4 cm³/mol. The molecule has 0 amide bonds. The van der Waals surface area contributed by atoms with Crippen LogP contribution in [0, 0.1) is 6.92 Å². The van der Waals surface area contributed by atoms with Crippen molar-refractivity contribution in [1.29, 1.82) is 0 Å². The molecule has 0 aliphatic carbocycles. The van der Waals surface area contributed by atoms with E-state index in [2.05, 4.69) is 5.10 Å². The second-order valence-electron chi connectivity index (χ2n) is 3.99. The first kappa shape index (κ1) is 11.9. The molecule has 0 aliphatic rings. The molecule has 0 fully saturated rings. The summed E-state index contributed by atoms with van der Waals surface area (Å²) in [4.78, 5) is 12.1. The predicted octanol–water partition coefficient (Wildman–Crippen LogP) is 2.81. The van der Waals surface area contributed by atoms with E-state index < -0.39 is 0 Å². The van der Waals surface area contributed by atoms with Gasteiger partial charge in [0.25, 0.3) is 0 Å². The van der Waals surface area contributed by atoms with Gasteiger partial charge in [0.2, 0.25) is 0 Å². The van der Waals surface area contributed by atoms with Crippen LogP contribution in [0.15, 0.2) is 30.3 Å². The van der Waals surface area contributed by atoms with E-state index in [1.807, 2.05) is 25.1 Å². The number of carbonyl (C=O) groups is 1. The van der Waals surface area contributed by atoms with E-state index in [4.69, 9.17) is 11.6 Å². The number of Topliss-reactive ketones (excluding diaryl/α,β-unsaturated/α-hetero) is 1. The van der Waals surface area contributed by atoms with Gasteiger partial charge in [-0.2, -0.15) is 5.10 Å². The Morgan fingerprint density at radius 3 is 2.71 bits per heavy atom. The zero-order valence-corrected chi connectivity index (χ0v) is 10.5. The fourth-order valence-electron chi connectivity index (χ4n) is 1.78. The van der Waals surface area contributed by atoms with Crippen LogP contribution in [-0.4, -0.2) is 15.6 Å². The van der Waals surface area contributed by atoms with Gasteiger partial charge in [-0.15, -0.1) is 0 Å². The van der Waals surface area contributed by atoms with Gasteiger partial charge >= 0.3 is 0 Å². The van der Waals surface area contributed by atoms with Crippen LogP contribution in [0.2, 0.25) is 5.02 Å². The second kappa shape index (κ2) is 4.72. The Hall–Kier alpha value is -1.61. The largest absolute Gasteiger partial charge is 0.292 e. The number of nitrogens with zero attached hydrogens (tertiary/aromatic N) is 2. The van der Waals surface area contributed by atoms with Crippen molar-refractivity contribution in [2.45, 2.75) is 13.3 Å². The average molecular weight is 249 g/mol. The van der Waals surface area contributed by atoms with E-state index in [0.29, 0.717) is 17.1 Å². The summed E-state index contributed by atoms with van der Waals surface area (Å²) >= 11 is 6.03. The molecule has 1 aromatic carbocycles.